The van der Waals surface area contributed by atoms with Gasteiger partial charge in [0, 0.05) is 44.5 Å². The molecule has 0 aromatic carbocycles. The third-order valence-corrected chi connectivity index (χ3v) is 4.08. The minimum atomic E-state index is 0. The van der Waals surface area contributed by atoms with Crippen molar-refractivity contribution < 1.29 is 4.42 Å². The molecule has 5 rings (SSSR count). The topological polar surface area (TPSA) is 45.4 Å². The van der Waals surface area contributed by atoms with E-state index in [2.05, 4.69) is 19.8 Å². The average molecular weight is 281 g/mol. The highest BCUT2D eigenvalue weighted by molar-refractivity contribution is 5.85. The van der Waals surface area contributed by atoms with Crippen molar-refractivity contribution >= 4 is 29.5 Å². The van der Waals surface area contributed by atoms with Crippen molar-refractivity contribution in [1.82, 2.24) is 14.9 Å². The summed E-state index contributed by atoms with van der Waals surface area (Å²) >= 11 is 0. The summed E-state index contributed by atoms with van der Waals surface area (Å²) in [5.74, 6) is 0. The monoisotopic (exact) mass is 280 g/mol. The zero-order valence-electron chi connectivity index (χ0n) is 10.7. The number of fused-ring (bicyclic) bond motifs is 5. The number of anilines is 1. The first-order valence-corrected chi connectivity index (χ1v) is 6.60. The largest absolute Gasteiger partial charge is 0.423 e. The molecule has 0 amide bonds. The maximum absolute atomic E-state index is 5.87. The van der Waals surface area contributed by atoms with E-state index in [0.717, 1.165) is 30.2 Å². The van der Waals surface area contributed by atoms with Gasteiger partial charge in [0.15, 0.2) is 5.58 Å². The third kappa shape index (κ3) is 2.17. The normalized spacial score (nSPS) is 26.2. The fourth-order valence-corrected chi connectivity index (χ4v) is 3.03. The molecule has 0 atom stereocenters. The molecular formula is C13H17ClN4O. The highest BCUT2D eigenvalue weighted by atomic mass is 35.5. The zero-order chi connectivity index (χ0) is 11.9. The summed E-state index contributed by atoms with van der Waals surface area (Å²) in [6.07, 6.45) is 5.95. The van der Waals surface area contributed by atoms with Gasteiger partial charge in [0.25, 0.3) is 6.01 Å². The molecule has 0 saturated carbocycles. The van der Waals surface area contributed by atoms with Gasteiger partial charge in [0.2, 0.25) is 0 Å². The van der Waals surface area contributed by atoms with E-state index in [1.54, 1.807) is 12.4 Å². The van der Waals surface area contributed by atoms with Gasteiger partial charge in [-0.05, 0) is 12.8 Å². The number of pyridine rings is 1. The molecule has 5 heterocycles. The van der Waals surface area contributed by atoms with Crippen molar-refractivity contribution in [2.75, 3.05) is 31.1 Å². The number of piperidine rings is 1. The highest BCUT2D eigenvalue weighted by Crippen LogP contribution is 2.28. The molecule has 0 N–H and O–H groups in total. The maximum Gasteiger partial charge on any atom is 0.298 e. The number of hydrogen-bond acceptors (Lipinski definition) is 5. The van der Waals surface area contributed by atoms with Crippen LogP contribution in [0.2, 0.25) is 0 Å². The maximum atomic E-state index is 5.87. The molecule has 3 aliphatic heterocycles. The molecule has 6 heteroatoms. The van der Waals surface area contributed by atoms with Gasteiger partial charge >= 0.3 is 0 Å². The van der Waals surface area contributed by atoms with Crippen LogP contribution in [0, 0.1) is 0 Å². The number of halogens is 1. The van der Waals surface area contributed by atoms with Crippen LogP contribution < -0.4 is 4.90 Å². The summed E-state index contributed by atoms with van der Waals surface area (Å²) < 4.78 is 5.87. The summed E-state index contributed by atoms with van der Waals surface area (Å²) in [4.78, 5) is 13.5. The van der Waals surface area contributed by atoms with Gasteiger partial charge < -0.3 is 14.2 Å². The molecule has 0 unspecified atom stereocenters. The Kier molecular flexibility index (Phi) is 3.33. The molecule has 0 radical (unpaired) electrons. The Morgan fingerprint density at radius 3 is 2.79 bits per heavy atom. The van der Waals surface area contributed by atoms with E-state index in [-0.39, 0.29) is 12.4 Å². The average Bonchev–Trinajstić information content (AvgIpc) is 2.61. The zero-order valence-corrected chi connectivity index (χ0v) is 11.5. The summed E-state index contributed by atoms with van der Waals surface area (Å²) in [6, 6.07) is 3.24. The van der Waals surface area contributed by atoms with Gasteiger partial charge in [0.05, 0.1) is 6.20 Å². The number of oxazole rings is 1. The molecule has 5 nitrogen and oxygen atoms in total. The number of hydrogen-bond donors (Lipinski definition) is 0. The SMILES string of the molecule is Cl.c1cc2oc(N3CCN4CCC3CC4)nc2cn1. The summed E-state index contributed by atoms with van der Waals surface area (Å²) in [6.45, 7) is 4.56. The summed E-state index contributed by atoms with van der Waals surface area (Å²) in [7, 11) is 0. The Labute approximate surface area is 118 Å². The molecular weight excluding hydrogens is 264 g/mol. The minimum absolute atomic E-state index is 0. The van der Waals surface area contributed by atoms with Gasteiger partial charge in [0.1, 0.15) is 5.52 Å². The van der Waals surface area contributed by atoms with Crippen LogP contribution in [0.25, 0.3) is 11.1 Å². The molecule has 0 spiro atoms. The molecule has 0 aliphatic carbocycles. The van der Waals surface area contributed by atoms with E-state index in [4.69, 9.17) is 4.42 Å². The van der Waals surface area contributed by atoms with E-state index in [9.17, 15) is 0 Å². The highest BCUT2D eigenvalue weighted by Gasteiger charge is 2.31. The van der Waals surface area contributed by atoms with Gasteiger partial charge in [-0.3, -0.25) is 4.98 Å². The lowest BCUT2D eigenvalue weighted by Gasteiger charge is -2.30. The molecule has 3 saturated heterocycles. The summed E-state index contributed by atoms with van der Waals surface area (Å²) in [5, 5.41) is 0. The fourth-order valence-electron chi connectivity index (χ4n) is 3.03. The molecule has 2 aromatic heterocycles. The van der Waals surface area contributed by atoms with E-state index >= 15 is 0 Å². The van der Waals surface area contributed by atoms with Crippen LogP contribution in [0.4, 0.5) is 6.01 Å². The lowest BCUT2D eigenvalue weighted by atomic mass is 10.1. The second-order valence-corrected chi connectivity index (χ2v) is 5.11. The Bertz CT molecular complexity index is 532. The molecule has 19 heavy (non-hydrogen) atoms. The molecule has 3 aliphatic rings. The quantitative estimate of drug-likeness (QED) is 0.799. The standard InChI is InChI=1S/C13H16N4O.ClH/c1-4-14-9-11-12(1)18-13(15-11)17-8-7-16-5-2-10(17)3-6-16;/h1,4,9-10H,2-3,5-8H2;1H. The van der Waals surface area contributed by atoms with Gasteiger partial charge in [-0.15, -0.1) is 12.4 Å². The predicted octanol–water partition coefficient (Wildman–Crippen LogP) is 1.93. The van der Waals surface area contributed by atoms with E-state index in [1.807, 2.05) is 6.07 Å². The van der Waals surface area contributed by atoms with Crippen molar-refractivity contribution in [2.24, 2.45) is 0 Å². The van der Waals surface area contributed by atoms with Crippen LogP contribution in [0.1, 0.15) is 12.8 Å². The third-order valence-electron chi connectivity index (χ3n) is 4.08. The fraction of sp³-hybridized carbons (Fsp3) is 0.538. The number of rotatable bonds is 1. The van der Waals surface area contributed by atoms with Crippen molar-refractivity contribution in [3.05, 3.63) is 18.5 Å². The van der Waals surface area contributed by atoms with Gasteiger partial charge in [-0.25, -0.2) is 0 Å². The Morgan fingerprint density at radius 1 is 1.16 bits per heavy atom. The van der Waals surface area contributed by atoms with Crippen molar-refractivity contribution in [2.45, 2.75) is 18.9 Å². The lowest BCUT2D eigenvalue weighted by Crippen LogP contribution is -2.38. The molecule has 2 aromatic rings. The molecule has 102 valence electrons. The summed E-state index contributed by atoms with van der Waals surface area (Å²) in [5.41, 5.74) is 1.69. The molecule has 3 fully saturated rings. The van der Waals surface area contributed by atoms with Crippen LogP contribution in [0.15, 0.2) is 22.9 Å². The predicted molar refractivity (Wildman–Crippen MR) is 75.9 cm³/mol. The van der Waals surface area contributed by atoms with Crippen molar-refractivity contribution in [3.8, 4) is 0 Å². The van der Waals surface area contributed by atoms with E-state index in [0.29, 0.717) is 6.04 Å². The van der Waals surface area contributed by atoms with Crippen molar-refractivity contribution in [3.63, 3.8) is 0 Å². The second-order valence-electron chi connectivity index (χ2n) is 5.11. The molecule has 2 bridgehead atoms. The number of nitrogens with zero attached hydrogens (tertiary/aromatic N) is 4. The smallest absolute Gasteiger partial charge is 0.298 e. The van der Waals surface area contributed by atoms with Crippen molar-refractivity contribution in [1.29, 1.82) is 0 Å². The Balaban J connectivity index is 0.00000110. The van der Waals surface area contributed by atoms with Gasteiger partial charge in [-0.2, -0.15) is 4.98 Å². The minimum Gasteiger partial charge on any atom is -0.423 e. The first-order valence-electron chi connectivity index (χ1n) is 6.60. The van der Waals surface area contributed by atoms with Crippen LogP contribution >= 0.6 is 12.4 Å². The Hall–Kier alpha value is -1.33. The first-order chi connectivity index (χ1) is 8.90. The first kappa shape index (κ1) is 12.7. The van der Waals surface area contributed by atoms with Crippen LogP contribution in [0.3, 0.4) is 0 Å². The van der Waals surface area contributed by atoms with E-state index in [1.165, 1.54) is 25.9 Å². The number of aromatic nitrogens is 2. The van der Waals surface area contributed by atoms with E-state index < -0.39 is 0 Å². The Morgan fingerprint density at radius 2 is 2.00 bits per heavy atom. The van der Waals surface area contributed by atoms with Crippen LogP contribution in [0.5, 0.6) is 0 Å². The van der Waals surface area contributed by atoms with Crippen LogP contribution in [-0.4, -0.2) is 47.1 Å². The second kappa shape index (κ2) is 4.98. The van der Waals surface area contributed by atoms with Gasteiger partial charge in [-0.1, -0.05) is 0 Å². The lowest BCUT2D eigenvalue weighted by molar-refractivity contribution is 0.249. The van der Waals surface area contributed by atoms with Crippen LogP contribution in [-0.2, 0) is 0 Å².